The van der Waals surface area contributed by atoms with E-state index in [0.717, 1.165) is 42.3 Å². The van der Waals surface area contributed by atoms with Gasteiger partial charge in [-0.15, -0.1) is 5.10 Å². The van der Waals surface area contributed by atoms with Crippen molar-refractivity contribution in [1.29, 1.82) is 0 Å². The van der Waals surface area contributed by atoms with Gasteiger partial charge in [-0.05, 0) is 20.3 Å². The van der Waals surface area contributed by atoms with Crippen molar-refractivity contribution in [2.24, 2.45) is 0 Å². The maximum atomic E-state index is 4.39. The smallest absolute Gasteiger partial charge is 0.133 e. The van der Waals surface area contributed by atoms with Gasteiger partial charge in [0.25, 0.3) is 0 Å². The van der Waals surface area contributed by atoms with E-state index in [1.165, 1.54) is 0 Å². The third-order valence-electron chi connectivity index (χ3n) is 2.80. The highest BCUT2D eigenvalue weighted by Crippen LogP contribution is 2.25. The lowest BCUT2D eigenvalue weighted by atomic mass is 10.1. The molecular formula is C12H18N6. The van der Waals surface area contributed by atoms with E-state index in [9.17, 15) is 0 Å². The third-order valence-corrected chi connectivity index (χ3v) is 2.80. The lowest BCUT2D eigenvalue weighted by Gasteiger charge is -2.12. The molecule has 2 aromatic rings. The number of nitrogens with zero attached hydrogens (tertiary/aromatic N) is 5. The topological polar surface area (TPSA) is 68.5 Å². The van der Waals surface area contributed by atoms with E-state index in [1.807, 2.05) is 11.6 Å². The Morgan fingerprint density at radius 3 is 2.72 bits per heavy atom. The highest BCUT2D eigenvalue weighted by atomic mass is 15.4. The van der Waals surface area contributed by atoms with E-state index in [-0.39, 0.29) is 0 Å². The average Bonchev–Trinajstić information content (AvgIpc) is 2.87. The van der Waals surface area contributed by atoms with E-state index in [4.69, 9.17) is 0 Å². The van der Waals surface area contributed by atoms with Gasteiger partial charge in [0.1, 0.15) is 17.8 Å². The van der Waals surface area contributed by atoms with Crippen LogP contribution in [0.15, 0.2) is 12.5 Å². The van der Waals surface area contributed by atoms with Gasteiger partial charge in [-0.3, -0.25) is 0 Å². The summed E-state index contributed by atoms with van der Waals surface area (Å²) >= 11 is 0. The highest BCUT2D eigenvalue weighted by Gasteiger charge is 2.14. The largest absolute Gasteiger partial charge is 0.370 e. The van der Waals surface area contributed by atoms with Crippen LogP contribution in [0.3, 0.4) is 0 Å². The molecule has 6 nitrogen and oxygen atoms in total. The Bertz CT molecular complexity index is 519. The molecule has 0 aliphatic heterocycles. The molecule has 96 valence electrons. The second kappa shape index (κ2) is 5.57. The minimum atomic E-state index is 0.777. The van der Waals surface area contributed by atoms with Crippen LogP contribution in [-0.4, -0.2) is 31.5 Å². The summed E-state index contributed by atoms with van der Waals surface area (Å²) in [6.07, 6.45) is 4.20. The Kier molecular flexibility index (Phi) is 3.86. The van der Waals surface area contributed by atoms with Crippen LogP contribution in [0.1, 0.15) is 26.3 Å². The summed E-state index contributed by atoms with van der Waals surface area (Å²) in [5, 5.41) is 11.3. The number of anilines is 1. The van der Waals surface area contributed by atoms with Crippen LogP contribution in [-0.2, 0) is 13.0 Å². The Labute approximate surface area is 106 Å². The maximum absolute atomic E-state index is 4.39. The van der Waals surface area contributed by atoms with Gasteiger partial charge in [-0.25, -0.2) is 14.6 Å². The van der Waals surface area contributed by atoms with Gasteiger partial charge in [0.2, 0.25) is 0 Å². The summed E-state index contributed by atoms with van der Waals surface area (Å²) in [4.78, 5) is 8.68. The lowest BCUT2D eigenvalue weighted by molar-refractivity contribution is 0.631. The molecule has 6 heteroatoms. The van der Waals surface area contributed by atoms with Crippen molar-refractivity contribution in [3.63, 3.8) is 0 Å². The zero-order valence-corrected chi connectivity index (χ0v) is 11.0. The Morgan fingerprint density at radius 1 is 1.22 bits per heavy atom. The molecule has 0 saturated heterocycles. The van der Waals surface area contributed by atoms with Crippen molar-refractivity contribution >= 4 is 5.82 Å². The number of rotatable bonds is 5. The van der Waals surface area contributed by atoms with Crippen LogP contribution < -0.4 is 5.32 Å². The molecule has 0 unspecified atom stereocenters. The van der Waals surface area contributed by atoms with Gasteiger partial charge < -0.3 is 5.32 Å². The molecule has 2 aromatic heterocycles. The standard InChI is InChI=1S/C12H18N6/c1-4-9-11(10-7-16-17-18(10)6-3)14-8-15-12(9)13-5-2/h7-8H,4-6H2,1-3H3,(H,13,14,15). The number of nitrogens with one attached hydrogen (secondary N) is 1. The average molecular weight is 246 g/mol. The van der Waals surface area contributed by atoms with Gasteiger partial charge in [0.15, 0.2) is 0 Å². The molecule has 0 saturated carbocycles. The van der Waals surface area contributed by atoms with Gasteiger partial charge >= 0.3 is 0 Å². The molecule has 0 aromatic carbocycles. The molecule has 0 spiro atoms. The minimum absolute atomic E-state index is 0.777. The first-order valence-electron chi connectivity index (χ1n) is 6.28. The van der Waals surface area contributed by atoms with Crippen LogP contribution in [0.25, 0.3) is 11.4 Å². The molecule has 2 rings (SSSR count). The fraction of sp³-hybridized carbons (Fsp3) is 0.500. The quantitative estimate of drug-likeness (QED) is 0.870. The number of hydrogen-bond donors (Lipinski definition) is 1. The second-order valence-electron chi connectivity index (χ2n) is 3.87. The summed E-state index contributed by atoms with van der Waals surface area (Å²) in [7, 11) is 0. The van der Waals surface area contributed by atoms with E-state index >= 15 is 0 Å². The van der Waals surface area contributed by atoms with Gasteiger partial charge in [-0.2, -0.15) is 0 Å². The number of hydrogen-bond acceptors (Lipinski definition) is 5. The molecule has 1 N–H and O–H groups in total. The summed E-state index contributed by atoms with van der Waals surface area (Å²) < 4.78 is 1.84. The highest BCUT2D eigenvalue weighted by molar-refractivity contribution is 5.64. The van der Waals surface area contributed by atoms with Crippen LogP contribution >= 0.6 is 0 Å². The number of aryl methyl sites for hydroxylation is 1. The molecule has 2 heterocycles. The summed E-state index contributed by atoms with van der Waals surface area (Å²) in [5.41, 5.74) is 2.96. The first kappa shape index (κ1) is 12.5. The van der Waals surface area contributed by atoms with Crippen molar-refractivity contribution in [3.8, 4) is 11.4 Å². The first-order chi connectivity index (χ1) is 8.81. The zero-order valence-electron chi connectivity index (χ0n) is 11.0. The summed E-state index contributed by atoms with van der Waals surface area (Å²) in [6.45, 7) is 7.81. The Hall–Kier alpha value is -1.98. The molecule has 0 bridgehead atoms. The van der Waals surface area contributed by atoms with Crippen molar-refractivity contribution < 1.29 is 0 Å². The maximum Gasteiger partial charge on any atom is 0.133 e. The van der Waals surface area contributed by atoms with Crippen molar-refractivity contribution in [2.75, 3.05) is 11.9 Å². The molecule has 0 atom stereocenters. The van der Waals surface area contributed by atoms with E-state index < -0.39 is 0 Å². The fourth-order valence-corrected chi connectivity index (χ4v) is 1.96. The molecule has 0 aliphatic carbocycles. The lowest BCUT2D eigenvalue weighted by Crippen LogP contribution is -2.08. The first-order valence-corrected chi connectivity index (χ1v) is 6.28. The van der Waals surface area contributed by atoms with Crippen LogP contribution in [0, 0.1) is 0 Å². The van der Waals surface area contributed by atoms with Gasteiger partial charge in [0, 0.05) is 18.7 Å². The second-order valence-corrected chi connectivity index (χ2v) is 3.87. The molecular weight excluding hydrogens is 228 g/mol. The van der Waals surface area contributed by atoms with Crippen LogP contribution in [0.2, 0.25) is 0 Å². The molecule has 0 radical (unpaired) electrons. The van der Waals surface area contributed by atoms with Gasteiger partial charge in [0.05, 0.1) is 11.9 Å². The van der Waals surface area contributed by atoms with Crippen LogP contribution in [0.5, 0.6) is 0 Å². The zero-order chi connectivity index (χ0) is 13.0. The molecule has 0 fully saturated rings. The molecule has 18 heavy (non-hydrogen) atoms. The normalized spacial score (nSPS) is 10.6. The van der Waals surface area contributed by atoms with Crippen molar-refractivity contribution in [2.45, 2.75) is 33.7 Å². The monoisotopic (exact) mass is 246 g/mol. The van der Waals surface area contributed by atoms with Crippen LogP contribution in [0.4, 0.5) is 5.82 Å². The van der Waals surface area contributed by atoms with E-state index in [1.54, 1.807) is 12.5 Å². The fourth-order valence-electron chi connectivity index (χ4n) is 1.96. The Balaban J connectivity index is 2.53. The van der Waals surface area contributed by atoms with Gasteiger partial charge in [-0.1, -0.05) is 12.1 Å². The van der Waals surface area contributed by atoms with E-state index in [2.05, 4.69) is 39.4 Å². The minimum Gasteiger partial charge on any atom is -0.370 e. The summed E-state index contributed by atoms with van der Waals surface area (Å²) in [6, 6.07) is 0. The Morgan fingerprint density at radius 2 is 2.06 bits per heavy atom. The van der Waals surface area contributed by atoms with Crippen molar-refractivity contribution in [1.82, 2.24) is 25.0 Å². The summed E-state index contributed by atoms with van der Waals surface area (Å²) in [5.74, 6) is 0.897. The molecule has 0 aliphatic rings. The predicted octanol–water partition coefficient (Wildman–Crippen LogP) is 1.75. The SMILES string of the molecule is CCNc1ncnc(-c2cnnn2CC)c1CC. The predicted molar refractivity (Wildman–Crippen MR) is 70.3 cm³/mol. The molecule has 0 amide bonds. The van der Waals surface area contributed by atoms with E-state index in [0.29, 0.717) is 0 Å². The third kappa shape index (κ3) is 2.18. The number of aromatic nitrogens is 5. The van der Waals surface area contributed by atoms with Crippen molar-refractivity contribution in [3.05, 3.63) is 18.1 Å².